The number of nitrogens with two attached hydrogens (primary N) is 3. The number of nitrogens with zero attached hydrogens (tertiary/aromatic N) is 13. The van der Waals surface area contributed by atoms with Gasteiger partial charge in [-0.05, 0) is 81.3 Å². The molecule has 14 heterocycles. The van der Waals surface area contributed by atoms with Crippen LogP contribution in [0.1, 0.15) is 85.8 Å². The van der Waals surface area contributed by atoms with Gasteiger partial charge in [0.25, 0.3) is 16.7 Å². The van der Waals surface area contributed by atoms with Crippen LogP contribution >= 0.6 is 34.7 Å². The summed E-state index contributed by atoms with van der Waals surface area (Å²) in [5.41, 5.74) is 13.5. The van der Waals surface area contributed by atoms with Crippen LogP contribution in [0.5, 0.6) is 0 Å². The number of aromatic nitrogens is 16. The van der Waals surface area contributed by atoms with Crippen molar-refractivity contribution in [3.63, 3.8) is 0 Å². The third-order valence-corrected chi connectivity index (χ3v) is 30.8. The molecule has 11 unspecified atom stereocenters. The van der Waals surface area contributed by atoms with Gasteiger partial charge >= 0.3 is 57.5 Å². The number of hydrogen-bond donors (Lipinski definition) is 12. The normalized spacial score (nSPS) is 29.2. The van der Waals surface area contributed by atoms with E-state index in [4.69, 9.17) is 185 Å². The number of nitrogen functional groups attached to an aromatic ring is 3. The zero-order valence-corrected chi connectivity index (χ0v) is 86.8. The number of hydrogen-bond acceptors (Lipinski definition) is 49. The molecule has 8 aromatic rings. The highest BCUT2D eigenvalue weighted by Gasteiger charge is 2.58. The van der Waals surface area contributed by atoms with E-state index < -0.39 is 248 Å². The van der Waals surface area contributed by atoms with E-state index >= 15 is 4.57 Å². The average Bonchev–Trinajstić information content (AvgIpc) is 1.74. The number of nitrogens with one attached hydrogen (secondary N) is 3. The minimum atomic E-state index is -5.87. The molecule has 6 aliphatic heterocycles. The van der Waals surface area contributed by atoms with E-state index in [2.05, 4.69) is 49.8 Å². The van der Waals surface area contributed by atoms with Crippen LogP contribution in [0.3, 0.4) is 0 Å². The van der Waals surface area contributed by atoms with Crippen molar-refractivity contribution >= 4 is 122 Å². The lowest BCUT2D eigenvalue weighted by atomic mass is 10.1. The van der Waals surface area contributed by atoms with Crippen molar-refractivity contribution in [1.82, 2.24) is 77.2 Å². The Labute approximate surface area is 841 Å². The van der Waals surface area contributed by atoms with Crippen LogP contribution in [0.25, 0.3) is 22.3 Å². The number of aliphatic hydroxyl groups is 1. The summed E-state index contributed by atoms with van der Waals surface area (Å²) in [5, 5.41) is 11.8. The molecule has 14 rings (SSSR count). The Morgan fingerprint density at radius 3 is 1.12 bits per heavy atom. The Hall–Kier alpha value is -7.03. The van der Waals surface area contributed by atoms with E-state index in [1.807, 2.05) is 6.92 Å². The van der Waals surface area contributed by atoms with Crippen LogP contribution in [-0.4, -0.2) is 345 Å². The molecule has 0 radical (unpaired) electrons. The number of methoxy groups -OCH3 is 5. The molecule has 0 amide bonds. The molecule has 28 atom stereocenters. The maximum Gasteiger partial charge on any atom is 0.472 e. The second-order valence-corrected chi connectivity index (χ2v) is 46.0. The Kier molecular flexibility index (Phi) is 38.8. The van der Waals surface area contributed by atoms with E-state index in [1.54, 1.807) is 6.92 Å². The summed E-state index contributed by atoms with van der Waals surface area (Å²) < 4.78 is 181. The molecular weight excluding hydrogens is 2110 g/mol. The highest BCUT2D eigenvalue weighted by atomic mass is 32.5. The molecule has 0 aromatic carbocycles. The number of anilines is 3. The van der Waals surface area contributed by atoms with Gasteiger partial charge in [-0.2, -0.15) is 4.98 Å². The monoisotopic (exact) mass is 2230 g/mol. The molecule has 68 heteroatoms. The van der Waals surface area contributed by atoms with Gasteiger partial charge in [0.1, 0.15) is 127 Å². The minimum absolute atomic E-state index is 0.00458. The number of aliphatic hydroxyl groups excluding tert-OH is 1. The molecule has 59 nitrogen and oxygen atoms in total. The first kappa shape index (κ1) is 114. The summed E-state index contributed by atoms with van der Waals surface area (Å²) >= 11 is 23.0. The first-order chi connectivity index (χ1) is 69.0. The van der Waals surface area contributed by atoms with Crippen molar-refractivity contribution in [1.29, 1.82) is 0 Å². The fourth-order valence-electron chi connectivity index (χ4n) is 16.6. The standard InChI is InChI=1S/C77H112N19O40P5S4/c1-11-12-41-42(23-48(126-41)91-25-38(3)66(98)88-75(91)102)132-138(107,142)123-31-46-54(59(119-21-16-114-9)70(129-46)92-24-37(2)61(78)87-74(92)101)135-140(109,144)124-30-45-52(57(117-19-14-112-7)72(130-45)95-35-85-49-62(79)81-33-83-64(49)95)133-137(105,106)121-29-44-53(58(118-20-15-113-8)71(128-44)94-27-40(5)68(100)90-77(94)104)134-141(110,145)125-32-47-55(60(120-22-17-115-10)73(131-47)96-36-86-50-63(80)82-34-84-65(50)96)136-139(108,143)122-28-43-51(97)56(116-18-13-111-6)69(127-43)93-26-39(4)67(99)89-76(93)103/h24-27,33-36,41-48,51-60,69-73,97H,11-23,28-32H2,1-10H3,(H,105,106)(H,107,142)(H,108,143)(H,109,144)(H,110,145)(H2,78,87,101)(H2,79,81,83)(H2,80,82,84)(H,88,98,102)(H,89,99,103)(H,90,100,104)/t41-,42?,43-,44-,45-,46-,47-,48-,51?,52?,53?,54?,55?,56+,57+,58+,59+,60+,69-,70-,71-,72-,73-,138?,139?,140?,141?/m1/s1. The van der Waals surface area contributed by atoms with Crippen LogP contribution in [0, 0.1) is 27.7 Å². The van der Waals surface area contributed by atoms with Gasteiger partial charge in [-0.1, -0.05) is 13.3 Å². The van der Waals surface area contributed by atoms with Gasteiger partial charge in [0, 0.05) is 89.0 Å². The van der Waals surface area contributed by atoms with E-state index in [9.17, 15) is 63.1 Å². The van der Waals surface area contributed by atoms with Crippen LogP contribution in [0.4, 0.5) is 17.5 Å². The topological polar surface area (TPSA) is 743 Å². The number of phosphoric ester groups is 1. The molecule has 145 heavy (non-hydrogen) atoms. The molecular formula is C77H112N19O40P5S4. The van der Waals surface area contributed by atoms with Gasteiger partial charge in [-0.15, -0.1) is 0 Å². The Balaban J connectivity index is 0.759. The molecule has 6 fully saturated rings. The highest BCUT2D eigenvalue weighted by Crippen LogP contribution is 2.58. The van der Waals surface area contributed by atoms with Crippen LogP contribution in [-0.2, 0) is 173 Å². The van der Waals surface area contributed by atoms with Crippen molar-refractivity contribution in [2.45, 2.75) is 195 Å². The van der Waals surface area contributed by atoms with E-state index in [1.165, 1.54) is 101 Å². The van der Waals surface area contributed by atoms with Gasteiger partial charge in [-0.25, -0.2) is 53.6 Å². The van der Waals surface area contributed by atoms with Gasteiger partial charge in [0.15, 0.2) is 54.1 Å². The Bertz CT molecular complexity index is 6530. The van der Waals surface area contributed by atoms with Crippen molar-refractivity contribution in [3.8, 4) is 0 Å². The number of rotatable bonds is 53. The van der Waals surface area contributed by atoms with Gasteiger partial charge < -0.3 is 145 Å². The van der Waals surface area contributed by atoms with Crippen molar-refractivity contribution < 1.29 is 155 Å². The van der Waals surface area contributed by atoms with E-state index in [0.717, 1.165) is 32.6 Å². The molecule has 15 N–H and O–H groups in total. The smallest absolute Gasteiger partial charge is 0.387 e. The molecule has 6 saturated heterocycles. The lowest BCUT2D eigenvalue weighted by Gasteiger charge is -2.30. The lowest BCUT2D eigenvalue weighted by molar-refractivity contribution is -0.0839. The van der Waals surface area contributed by atoms with E-state index in [-0.39, 0.29) is 135 Å². The summed E-state index contributed by atoms with van der Waals surface area (Å²) in [6, 6.07) is 0. The van der Waals surface area contributed by atoms with Crippen LogP contribution in [0.2, 0.25) is 0 Å². The number of aryl methyl sites for hydroxylation is 4. The quantitative estimate of drug-likeness (QED) is 0.0154. The number of H-pyrrole nitrogens is 3. The molecule has 804 valence electrons. The first-order valence-corrected chi connectivity index (χ1v) is 56.4. The van der Waals surface area contributed by atoms with Gasteiger partial charge in [0.05, 0.1) is 124 Å². The maximum absolute atomic E-state index is 15.5. The first-order valence-electron chi connectivity index (χ1n) is 44.6. The second-order valence-electron chi connectivity index (χ2n) is 33.5. The average molecular weight is 2230 g/mol. The molecule has 8 aromatic heterocycles. The Morgan fingerprint density at radius 2 is 0.724 bits per heavy atom. The third-order valence-electron chi connectivity index (χ3n) is 23.6. The number of fused-ring (bicyclic) bond motifs is 2. The summed E-state index contributed by atoms with van der Waals surface area (Å²) in [6.45, 7) is -18.1. The largest absolute Gasteiger partial charge is 0.472 e. The third kappa shape index (κ3) is 27.4. The number of phosphoric acid groups is 1. The van der Waals surface area contributed by atoms with Crippen LogP contribution < -0.4 is 56.6 Å². The van der Waals surface area contributed by atoms with Crippen LogP contribution in [0.15, 0.2) is 83.7 Å². The van der Waals surface area contributed by atoms with Gasteiger partial charge in [0.2, 0.25) is 0 Å². The summed E-state index contributed by atoms with van der Waals surface area (Å²) in [6.07, 6.45) is -25.2. The van der Waals surface area contributed by atoms with Gasteiger partial charge in [-0.3, -0.25) is 79.4 Å². The van der Waals surface area contributed by atoms with Crippen molar-refractivity contribution in [2.24, 2.45) is 0 Å². The zero-order valence-electron chi connectivity index (χ0n) is 79.1. The highest BCUT2D eigenvalue weighted by molar-refractivity contribution is 8.08. The maximum atomic E-state index is 15.5. The molecule has 0 spiro atoms. The summed E-state index contributed by atoms with van der Waals surface area (Å²) in [4.78, 5) is 191. The zero-order chi connectivity index (χ0) is 104. The number of aromatic amines is 3. The fourth-order valence-corrected chi connectivity index (χ4v) is 23.4. The summed E-state index contributed by atoms with van der Waals surface area (Å²) in [5.74, 6) is -0.316. The summed E-state index contributed by atoms with van der Waals surface area (Å²) in [7, 11) is 0.946. The second kappa shape index (κ2) is 49.6. The lowest BCUT2D eigenvalue weighted by Crippen LogP contribution is -2.42. The molecule has 0 saturated carbocycles. The minimum Gasteiger partial charge on any atom is -0.387 e. The predicted octanol–water partition coefficient (Wildman–Crippen LogP) is -1.38. The molecule has 0 bridgehead atoms. The van der Waals surface area contributed by atoms with Crippen molar-refractivity contribution in [3.05, 3.63) is 145 Å². The fraction of sp³-hybridized carbons (Fsp3) is 0.662. The Morgan fingerprint density at radius 1 is 0.393 bits per heavy atom. The SMILES string of the molecule is CCC[C@H]1O[C@@H](n2cc(C)c(=O)[nH]c2=O)CC1OP(O)(=S)OC[C@H]1O[C@@H](n2cc(C)c(N)nc2=O)[C@@H](OCCOC)C1OP(O)(=S)OC[C@H]1O[C@@H](n2cnc3c(N)ncnc32)[C@@H](OCCOC)C1OP(=O)(O)OC[C@H]1O[C@@H](n2cc(C)c(=O)[nH]c2=O)[C@@H](OCCOC)C1OP(O)(=S)OC[C@H]1O[C@@H](n2cnc3c(N)ncnc32)[C@@H](OCCOC)C1OP(O)(=S)OC[C@H]1O[C@@H](n2cc(C)c(=O)[nH]c2=O)[C@@H](OCCOC)C1O. The number of ether oxygens (including phenoxy) is 16. The van der Waals surface area contributed by atoms with Crippen molar-refractivity contribution in [2.75, 3.05) is 152 Å². The molecule has 6 aliphatic rings. The van der Waals surface area contributed by atoms with E-state index in [0.29, 0.717) is 12.8 Å². The molecule has 0 aliphatic carbocycles. The number of imidazole rings is 2. The predicted molar refractivity (Wildman–Crippen MR) is 512 cm³/mol.